The van der Waals surface area contributed by atoms with Crippen LogP contribution >= 0.6 is 0 Å². The largest absolute Gasteiger partial charge is 0.369 e. The SMILES string of the molecule is N=C1C2=C(N=C3C(=N)c4ccccc4C3N2)c2ccccc21. The first-order chi connectivity index (χ1) is 10.8. The van der Waals surface area contributed by atoms with Gasteiger partial charge in [-0.3, -0.25) is 10.8 Å². The second kappa shape index (κ2) is 3.80. The van der Waals surface area contributed by atoms with E-state index in [4.69, 9.17) is 15.8 Å². The van der Waals surface area contributed by atoms with Crippen molar-refractivity contribution < 1.29 is 0 Å². The van der Waals surface area contributed by atoms with Gasteiger partial charge < -0.3 is 5.32 Å². The maximum Gasteiger partial charge on any atom is 0.0970 e. The Hall–Kier alpha value is -3.01. The van der Waals surface area contributed by atoms with E-state index in [1.807, 2.05) is 48.5 Å². The first-order valence-electron chi connectivity index (χ1n) is 7.22. The van der Waals surface area contributed by atoms with E-state index in [1.54, 1.807) is 0 Å². The van der Waals surface area contributed by atoms with Gasteiger partial charge in [0.05, 0.1) is 34.6 Å². The van der Waals surface area contributed by atoms with Gasteiger partial charge in [0.25, 0.3) is 0 Å². The van der Waals surface area contributed by atoms with Gasteiger partial charge in [-0.15, -0.1) is 0 Å². The molecule has 0 saturated heterocycles. The van der Waals surface area contributed by atoms with Gasteiger partial charge >= 0.3 is 0 Å². The summed E-state index contributed by atoms with van der Waals surface area (Å²) in [4.78, 5) is 4.76. The molecule has 5 rings (SSSR count). The molecule has 0 radical (unpaired) electrons. The lowest BCUT2D eigenvalue weighted by atomic mass is 10.1. The Bertz CT molecular complexity index is 949. The van der Waals surface area contributed by atoms with Crippen LogP contribution in [-0.2, 0) is 0 Å². The molecule has 2 aromatic rings. The lowest BCUT2D eigenvalue weighted by Crippen LogP contribution is -2.32. The smallest absolute Gasteiger partial charge is 0.0970 e. The first kappa shape index (κ1) is 11.6. The van der Waals surface area contributed by atoms with Crippen LogP contribution in [0.3, 0.4) is 0 Å². The maximum absolute atomic E-state index is 8.40. The van der Waals surface area contributed by atoms with Crippen LogP contribution in [0.5, 0.6) is 0 Å². The van der Waals surface area contributed by atoms with Crippen LogP contribution < -0.4 is 5.32 Å². The quantitative estimate of drug-likeness (QED) is 0.684. The average molecular weight is 284 g/mol. The standard InChI is InChI=1S/C18H12N4/c19-13-9-5-1-3-7-11(9)15-17(13)22-16-12-8-4-2-6-10(12)14(20)18(16)21-15/h1-8,15,19-21H. The number of aliphatic imine (C=N–C) groups is 1. The molecular weight excluding hydrogens is 272 g/mol. The van der Waals surface area contributed by atoms with Crippen molar-refractivity contribution in [1.82, 2.24) is 5.32 Å². The summed E-state index contributed by atoms with van der Waals surface area (Å²) in [7, 11) is 0. The Morgan fingerprint density at radius 1 is 0.818 bits per heavy atom. The summed E-state index contributed by atoms with van der Waals surface area (Å²) in [5.74, 6) is 0. The van der Waals surface area contributed by atoms with Crippen molar-refractivity contribution in [3.63, 3.8) is 0 Å². The minimum Gasteiger partial charge on any atom is -0.369 e. The Labute approximate surface area is 127 Å². The molecule has 2 aliphatic carbocycles. The third-order valence-electron chi connectivity index (χ3n) is 4.53. The number of hydrogen-bond donors (Lipinski definition) is 3. The van der Waals surface area contributed by atoms with Gasteiger partial charge in [0.15, 0.2) is 0 Å². The topological polar surface area (TPSA) is 72.1 Å². The molecule has 1 unspecified atom stereocenters. The maximum atomic E-state index is 8.40. The van der Waals surface area contributed by atoms with Crippen molar-refractivity contribution >= 4 is 22.8 Å². The number of allylic oxidation sites excluding steroid dienone is 1. The third-order valence-corrected chi connectivity index (χ3v) is 4.53. The third kappa shape index (κ3) is 1.25. The normalized spacial score (nSPS) is 20.9. The van der Waals surface area contributed by atoms with Crippen molar-refractivity contribution in [3.8, 4) is 0 Å². The van der Waals surface area contributed by atoms with E-state index in [2.05, 4.69) is 5.32 Å². The number of nitrogens with zero attached hydrogens (tertiary/aromatic N) is 1. The molecule has 104 valence electrons. The summed E-state index contributed by atoms with van der Waals surface area (Å²) in [6.45, 7) is 0. The fourth-order valence-electron chi connectivity index (χ4n) is 3.49. The van der Waals surface area contributed by atoms with E-state index in [-0.39, 0.29) is 6.04 Å². The van der Waals surface area contributed by atoms with Crippen molar-refractivity contribution in [2.75, 3.05) is 0 Å². The predicted octanol–water partition coefficient (Wildman–Crippen LogP) is 2.90. The second-order valence-corrected chi connectivity index (χ2v) is 5.68. The number of hydrogen-bond acceptors (Lipinski definition) is 4. The van der Waals surface area contributed by atoms with Gasteiger partial charge in [-0.05, 0) is 5.56 Å². The number of benzene rings is 2. The molecule has 0 amide bonds. The molecule has 1 atom stereocenters. The number of rotatable bonds is 0. The highest BCUT2D eigenvalue weighted by atomic mass is 15.1. The van der Waals surface area contributed by atoms with Crippen LogP contribution in [0.4, 0.5) is 0 Å². The fourth-order valence-corrected chi connectivity index (χ4v) is 3.49. The summed E-state index contributed by atoms with van der Waals surface area (Å²) < 4.78 is 0. The van der Waals surface area contributed by atoms with Crippen molar-refractivity contribution in [3.05, 3.63) is 76.5 Å². The summed E-state index contributed by atoms with van der Waals surface area (Å²) >= 11 is 0. The molecule has 0 spiro atoms. The van der Waals surface area contributed by atoms with Gasteiger partial charge in [-0.25, -0.2) is 4.99 Å². The molecule has 4 heteroatoms. The number of nitrogens with one attached hydrogen (secondary N) is 3. The van der Waals surface area contributed by atoms with Gasteiger partial charge in [0.2, 0.25) is 0 Å². The van der Waals surface area contributed by atoms with Crippen LogP contribution in [0.2, 0.25) is 0 Å². The second-order valence-electron chi connectivity index (χ2n) is 5.68. The highest BCUT2D eigenvalue weighted by molar-refractivity contribution is 6.53. The summed E-state index contributed by atoms with van der Waals surface area (Å²) in [5, 5.41) is 20.2. The highest BCUT2D eigenvalue weighted by Gasteiger charge is 2.40. The molecule has 0 fully saturated rings. The summed E-state index contributed by atoms with van der Waals surface area (Å²) in [6.07, 6.45) is 0. The van der Waals surface area contributed by atoms with Crippen molar-refractivity contribution in [1.29, 1.82) is 10.8 Å². The van der Waals surface area contributed by atoms with Gasteiger partial charge in [-0.2, -0.15) is 0 Å². The van der Waals surface area contributed by atoms with Crippen LogP contribution in [0, 0.1) is 10.8 Å². The Morgan fingerprint density at radius 3 is 2.32 bits per heavy atom. The van der Waals surface area contributed by atoms with E-state index in [1.165, 1.54) is 0 Å². The molecule has 3 N–H and O–H groups in total. The van der Waals surface area contributed by atoms with Gasteiger partial charge in [0.1, 0.15) is 0 Å². The fraction of sp³-hybridized carbons (Fsp3) is 0.0556. The van der Waals surface area contributed by atoms with Crippen LogP contribution in [0.25, 0.3) is 5.70 Å². The van der Waals surface area contributed by atoms with E-state index < -0.39 is 0 Å². The minimum absolute atomic E-state index is 0.114. The van der Waals surface area contributed by atoms with Gasteiger partial charge in [-0.1, -0.05) is 48.5 Å². The first-order valence-corrected chi connectivity index (χ1v) is 7.22. The average Bonchev–Trinajstić information content (AvgIpc) is 3.01. The van der Waals surface area contributed by atoms with Gasteiger partial charge in [0, 0.05) is 16.7 Å². The Kier molecular flexibility index (Phi) is 2.01. The molecule has 1 aliphatic heterocycles. The summed E-state index contributed by atoms with van der Waals surface area (Å²) in [6, 6.07) is 15.7. The zero-order valence-corrected chi connectivity index (χ0v) is 11.6. The molecule has 3 aliphatic rings. The van der Waals surface area contributed by atoms with Crippen molar-refractivity contribution in [2.24, 2.45) is 4.99 Å². The van der Waals surface area contributed by atoms with E-state index in [0.717, 1.165) is 39.4 Å². The summed E-state index contributed by atoms with van der Waals surface area (Å²) in [5.41, 5.74) is 7.18. The molecule has 0 bridgehead atoms. The Morgan fingerprint density at radius 2 is 1.50 bits per heavy atom. The van der Waals surface area contributed by atoms with Crippen LogP contribution in [-0.4, -0.2) is 17.1 Å². The zero-order chi connectivity index (χ0) is 14.8. The van der Waals surface area contributed by atoms with E-state index in [0.29, 0.717) is 11.4 Å². The molecular formula is C18H12N4. The Balaban J connectivity index is 1.73. The zero-order valence-electron chi connectivity index (χ0n) is 11.6. The minimum atomic E-state index is -0.114. The lowest BCUT2D eigenvalue weighted by molar-refractivity contribution is 0.777. The van der Waals surface area contributed by atoms with Crippen LogP contribution in [0.1, 0.15) is 28.3 Å². The molecule has 2 aromatic carbocycles. The molecule has 1 heterocycles. The molecule has 22 heavy (non-hydrogen) atoms. The highest BCUT2D eigenvalue weighted by Crippen LogP contribution is 2.40. The monoisotopic (exact) mass is 284 g/mol. The molecule has 4 nitrogen and oxygen atoms in total. The lowest BCUT2D eigenvalue weighted by Gasteiger charge is -2.22. The van der Waals surface area contributed by atoms with E-state index >= 15 is 0 Å². The predicted molar refractivity (Wildman–Crippen MR) is 86.8 cm³/mol. The molecule has 0 aromatic heterocycles. The van der Waals surface area contributed by atoms with Crippen molar-refractivity contribution in [2.45, 2.75) is 6.04 Å². The van der Waals surface area contributed by atoms with Crippen LogP contribution in [0.15, 0.2) is 59.2 Å². The van der Waals surface area contributed by atoms with E-state index in [9.17, 15) is 0 Å². The number of fused-ring (bicyclic) bond motifs is 5. The molecule has 0 saturated carbocycles.